The number of benzene rings is 2. The quantitative estimate of drug-likeness (QED) is 0.238. The van der Waals surface area contributed by atoms with Crippen molar-refractivity contribution in [2.24, 2.45) is 17.3 Å². The molecule has 2 aliphatic heterocycles. The number of pyridine rings is 1. The van der Waals surface area contributed by atoms with Crippen LogP contribution < -0.4 is 19.5 Å². The van der Waals surface area contributed by atoms with Crippen LogP contribution in [0.2, 0.25) is 0 Å². The van der Waals surface area contributed by atoms with E-state index in [0.717, 1.165) is 10.5 Å². The van der Waals surface area contributed by atoms with Crippen molar-refractivity contribution in [2.75, 3.05) is 26.7 Å². The zero-order valence-corrected chi connectivity index (χ0v) is 33.1. The number of amides is 4. The SMILES string of the molecule is C=CC1C[C@]1(NC(=O)[C@@H]1C[C@@H](Oc2cc(-c3ccccc3)nc3cc(OC)ccc23)CN1C(=O)C(CC(=O)N1CC(F)(F)C1)C(C)(C)C)C(=O)NS(=O)(=O)C1CC1. The summed E-state index contributed by atoms with van der Waals surface area (Å²) in [5.41, 5.74) is -0.450. The van der Waals surface area contributed by atoms with Gasteiger partial charge in [0, 0.05) is 41.8 Å². The average Bonchev–Trinajstić information content (AvgIpc) is 4.08. The molecule has 2 saturated heterocycles. The van der Waals surface area contributed by atoms with Crippen molar-refractivity contribution in [3.8, 4) is 22.8 Å². The van der Waals surface area contributed by atoms with Gasteiger partial charge in [-0.15, -0.1) is 6.58 Å². The van der Waals surface area contributed by atoms with E-state index in [1.165, 1.54) is 11.0 Å². The standard InChI is InChI=1S/C41H47F2N5O8S/c1-6-25-20-41(25,38(52)46-57(53,54)28-13-14-28)45-36(50)33-17-27(21-48(33)37(51)30(39(2,3)4)18-35(49)47-22-40(42,43)23-47)56-34-19-31(24-10-8-7-9-11-24)44-32-16-26(55-5)12-15-29(32)34/h6-12,15-16,19,25,27-28,30,33H,1,13-14,17-18,20-23H2,2-5H3,(H,45,50)(H,46,52)/t25?,27-,30?,33+,41-/m1/s1. The minimum absolute atomic E-state index is 0.0296. The molecule has 2 aliphatic carbocycles. The Morgan fingerprint density at radius 3 is 2.37 bits per heavy atom. The van der Waals surface area contributed by atoms with Crippen LogP contribution in [-0.4, -0.2) is 102 Å². The third-order valence-electron chi connectivity index (χ3n) is 11.4. The van der Waals surface area contributed by atoms with Crippen molar-refractivity contribution in [2.45, 2.75) is 81.7 Å². The second kappa shape index (κ2) is 14.7. The van der Waals surface area contributed by atoms with Crippen LogP contribution >= 0.6 is 0 Å². The molecule has 2 saturated carbocycles. The fraction of sp³-hybridized carbons (Fsp3) is 0.488. The van der Waals surface area contributed by atoms with Crippen LogP contribution in [0.4, 0.5) is 8.78 Å². The molecular formula is C41H47F2N5O8S. The molecule has 0 spiro atoms. The first kappa shape index (κ1) is 40.1. The number of nitrogens with one attached hydrogen (secondary N) is 2. The number of aromatic nitrogens is 1. The Bertz CT molecular complexity index is 2220. The number of carbonyl (C=O) groups excluding carboxylic acids is 4. The zero-order chi connectivity index (χ0) is 41.1. The van der Waals surface area contributed by atoms with Crippen molar-refractivity contribution in [3.63, 3.8) is 0 Å². The van der Waals surface area contributed by atoms with Crippen LogP contribution in [0.1, 0.15) is 52.9 Å². The van der Waals surface area contributed by atoms with Crippen molar-refractivity contribution in [3.05, 3.63) is 67.3 Å². The summed E-state index contributed by atoms with van der Waals surface area (Å²) in [6.45, 7) is 7.48. The van der Waals surface area contributed by atoms with E-state index in [2.05, 4.69) is 16.6 Å². The molecule has 57 heavy (non-hydrogen) atoms. The molecule has 0 radical (unpaired) electrons. The molecule has 3 heterocycles. The third kappa shape index (κ3) is 8.18. The topological polar surface area (TPSA) is 164 Å². The van der Waals surface area contributed by atoms with Gasteiger partial charge < -0.3 is 24.6 Å². The lowest BCUT2D eigenvalue weighted by molar-refractivity contribution is -0.169. The number of fused-ring (bicyclic) bond motifs is 1. The van der Waals surface area contributed by atoms with Gasteiger partial charge in [0.05, 0.1) is 49.1 Å². The lowest BCUT2D eigenvalue weighted by Gasteiger charge is -2.41. The number of methoxy groups -OCH3 is 1. The molecule has 4 amide bonds. The van der Waals surface area contributed by atoms with E-state index < -0.39 is 92.8 Å². The van der Waals surface area contributed by atoms with Gasteiger partial charge in [-0.3, -0.25) is 23.9 Å². The molecule has 4 aliphatic rings. The average molecular weight is 808 g/mol. The van der Waals surface area contributed by atoms with Gasteiger partial charge in [-0.25, -0.2) is 22.2 Å². The Hall–Kier alpha value is -5.12. The molecule has 3 aromatic rings. The first-order chi connectivity index (χ1) is 26.8. The summed E-state index contributed by atoms with van der Waals surface area (Å²) in [6.07, 6.45) is 1.26. The molecule has 13 nitrogen and oxygen atoms in total. The second-order valence-corrected chi connectivity index (χ2v) is 18.6. The molecule has 2 aromatic carbocycles. The zero-order valence-electron chi connectivity index (χ0n) is 32.3. The van der Waals surface area contributed by atoms with E-state index in [4.69, 9.17) is 14.5 Å². The molecule has 16 heteroatoms. The van der Waals surface area contributed by atoms with E-state index in [-0.39, 0.29) is 25.8 Å². The Kier molecular flexibility index (Phi) is 10.3. The summed E-state index contributed by atoms with van der Waals surface area (Å²) in [6, 6.07) is 15.4. The van der Waals surface area contributed by atoms with Gasteiger partial charge in [0.25, 0.3) is 11.8 Å². The van der Waals surface area contributed by atoms with Gasteiger partial charge in [0.15, 0.2) is 0 Å². The minimum atomic E-state index is -3.95. The highest BCUT2D eigenvalue weighted by molar-refractivity contribution is 7.91. The highest BCUT2D eigenvalue weighted by Gasteiger charge is 2.62. The fourth-order valence-electron chi connectivity index (χ4n) is 7.69. The van der Waals surface area contributed by atoms with Gasteiger partial charge in [-0.2, -0.15) is 0 Å². The van der Waals surface area contributed by atoms with Crippen molar-refractivity contribution < 1.29 is 45.9 Å². The minimum Gasteiger partial charge on any atom is -0.497 e. The first-order valence-electron chi connectivity index (χ1n) is 19.0. The predicted molar refractivity (Wildman–Crippen MR) is 207 cm³/mol. The smallest absolute Gasteiger partial charge is 0.282 e. The van der Waals surface area contributed by atoms with E-state index in [0.29, 0.717) is 40.9 Å². The Labute approximate surface area is 330 Å². The summed E-state index contributed by atoms with van der Waals surface area (Å²) in [5.74, 6) is -6.34. The first-order valence-corrected chi connectivity index (χ1v) is 20.6. The number of likely N-dealkylation sites (tertiary alicyclic amines) is 2. The summed E-state index contributed by atoms with van der Waals surface area (Å²) in [4.78, 5) is 63.1. The molecular weight excluding hydrogens is 761 g/mol. The molecule has 1 aromatic heterocycles. The normalized spacial score (nSPS) is 24.6. The maximum atomic E-state index is 14.7. The summed E-state index contributed by atoms with van der Waals surface area (Å²) >= 11 is 0. The number of halogens is 2. The number of alkyl halides is 2. The van der Waals surface area contributed by atoms with Crippen LogP contribution in [0.25, 0.3) is 22.2 Å². The van der Waals surface area contributed by atoms with Crippen molar-refractivity contribution in [1.82, 2.24) is 24.8 Å². The summed E-state index contributed by atoms with van der Waals surface area (Å²) < 4.78 is 67.2. The fourth-order valence-corrected chi connectivity index (χ4v) is 9.05. The Balaban J connectivity index is 1.21. The number of hydrogen-bond donors (Lipinski definition) is 2. The molecule has 0 bridgehead atoms. The van der Waals surface area contributed by atoms with Crippen LogP contribution in [0.3, 0.4) is 0 Å². The molecule has 2 unspecified atom stereocenters. The molecule has 4 fully saturated rings. The molecule has 7 rings (SSSR count). The van der Waals surface area contributed by atoms with E-state index in [1.54, 1.807) is 52.1 Å². The van der Waals surface area contributed by atoms with Gasteiger partial charge >= 0.3 is 0 Å². The van der Waals surface area contributed by atoms with Crippen LogP contribution in [0.5, 0.6) is 11.5 Å². The van der Waals surface area contributed by atoms with Crippen LogP contribution in [0, 0.1) is 17.3 Å². The van der Waals surface area contributed by atoms with Crippen molar-refractivity contribution in [1.29, 1.82) is 0 Å². The van der Waals surface area contributed by atoms with Gasteiger partial charge in [0.1, 0.15) is 29.2 Å². The second-order valence-electron chi connectivity index (χ2n) is 16.6. The lowest BCUT2D eigenvalue weighted by Crippen LogP contribution is -2.59. The van der Waals surface area contributed by atoms with Gasteiger partial charge in [-0.05, 0) is 36.8 Å². The number of carbonyl (C=O) groups is 4. The highest BCUT2D eigenvalue weighted by atomic mass is 32.2. The third-order valence-corrected chi connectivity index (χ3v) is 13.2. The number of nitrogens with zero attached hydrogens (tertiary/aromatic N) is 3. The monoisotopic (exact) mass is 807 g/mol. The largest absolute Gasteiger partial charge is 0.497 e. The molecule has 2 N–H and O–H groups in total. The van der Waals surface area contributed by atoms with Crippen molar-refractivity contribution >= 4 is 44.6 Å². The van der Waals surface area contributed by atoms with E-state index in [1.807, 2.05) is 30.3 Å². The number of ether oxygens (including phenoxy) is 2. The lowest BCUT2D eigenvalue weighted by atomic mass is 9.77. The van der Waals surface area contributed by atoms with E-state index in [9.17, 15) is 36.4 Å². The predicted octanol–water partition coefficient (Wildman–Crippen LogP) is 4.46. The Morgan fingerprint density at radius 2 is 1.77 bits per heavy atom. The number of rotatable bonds is 13. The number of sulfonamides is 1. The van der Waals surface area contributed by atoms with Crippen LogP contribution in [-0.2, 0) is 29.2 Å². The highest BCUT2D eigenvalue weighted by Crippen LogP contribution is 2.46. The van der Waals surface area contributed by atoms with E-state index >= 15 is 0 Å². The van der Waals surface area contributed by atoms with Gasteiger partial charge in [0.2, 0.25) is 27.7 Å². The maximum Gasteiger partial charge on any atom is 0.282 e. The molecule has 304 valence electrons. The summed E-state index contributed by atoms with van der Waals surface area (Å²) in [7, 11) is -2.40. The Morgan fingerprint density at radius 1 is 1.07 bits per heavy atom. The number of hydrogen-bond acceptors (Lipinski definition) is 9. The van der Waals surface area contributed by atoms with Gasteiger partial charge in [-0.1, -0.05) is 57.2 Å². The molecule has 5 atom stereocenters. The summed E-state index contributed by atoms with van der Waals surface area (Å²) in [5, 5.41) is 2.75. The van der Waals surface area contributed by atoms with Crippen LogP contribution in [0.15, 0.2) is 67.3 Å². The maximum absolute atomic E-state index is 14.7.